The number of fused-ring (bicyclic) bond motifs is 1. The van der Waals surface area contributed by atoms with E-state index in [9.17, 15) is 14.7 Å². The van der Waals surface area contributed by atoms with E-state index in [1.54, 1.807) is 6.20 Å². The van der Waals surface area contributed by atoms with Gasteiger partial charge in [0.1, 0.15) is 0 Å². The van der Waals surface area contributed by atoms with Gasteiger partial charge in [-0.25, -0.2) is 0 Å². The number of ether oxygens (including phenoxy) is 2. The minimum absolute atomic E-state index is 0.0280. The van der Waals surface area contributed by atoms with Gasteiger partial charge < -0.3 is 25.2 Å². The second-order valence-electron chi connectivity index (χ2n) is 9.82. The number of amides is 1. The van der Waals surface area contributed by atoms with Crippen molar-refractivity contribution in [3.63, 3.8) is 0 Å². The highest BCUT2D eigenvalue weighted by Gasteiger charge is 2.47. The highest BCUT2D eigenvalue weighted by Crippen LogP contribution is 2.43. The molecule has 1 saturated heterocycles. The molecule has 4 rings (SSSR count). The fraction of sp³-hybridized carbons (Fsp3) is 0.536. The predicted molar refractivity (Wildman–Crippen MR) is 140 cm³/mol. The molecule has 0 aliphatic carbocycles. The van der Waals surface area contributed by atoms with Crippen LogP contribution in [0.4, 0.5) is 0 Å². The summed E-state index contributed by atoms with van der Waals surface area (Å²) in [5.41, 5.74) is 7.52. The van der Waals surface area contributed by atoms with Gasteiger partial charge in [-0.15, -0.1) is 0 Å². The molecule has 2 aliphatic rings. The topological polar surface area (TPSA) is 118 Å². The fourth-order valence-electron chi connectivity index (χ4n) is 5.44. The van der Waals surface area contributed by atoms with Crippen molar-refractivity contribution in [3.8, 4) is 11.5 Å². The molecule has 1 amide bonds. The largest absolute Gasteiger partial charge is 0.481 e. The van der Waals surface area contributed by atoms with E-state index in [2.05, 4.69) is 16.8 Å². The third kappa shape index (κ3) is 6.59. The number of pyridine rings is 1. The van der Waals surface area contributed by atoms with Crippen LogP contribution in [0.3, 0.4) is 0 Å². The number of carbonyl (C=O) groups excluding carboxylic acids is 1. The van der Waals surface area contributed by atoms with Gasteiger partial charge in [0.25, 0.3) is 0 Å². The monoisotopic (exact) mass is 510 g/mol. The number of aromatic nitrogens is 1. The Kier molecular flexibility index (Phi) is 9.35. The zero-order valence-electron chi connectivity index (χ0n) is 21.6. The number of nitrogens with zero attached hydrogens (tertiary/aromatic N) is 3. The number of carboxylic acids is 1. The predicted octanol–water partition coefficient (Wildman–Crippen LogP) is 2.89. The summed E-state index contributed by atoms with van der Waals surface area (Å²) in [6, 6.07) is 11.1. The van der Waals surface area contributed by atoms with E-state index in [1.807, 2.05) is 41.3 Å². The van der Waals surface area contributed by atoms with E-state index in [0.29, 0.717) is 50.5 Å². The molecule has 1 aromatic heterocycles. The number of rotatable bonds is 13. The number of unbranched alkanes of at least 4 members (excludes halogenated alkanes) is 1. The Morgan fingerprint density at radius 1 is 1.16 bits per heavy atom. The van der Waals surface area contributed by atoms with Gasteiger partial charge in [0.2, 0.25) is 12.7 Å². The van der Waals surface area contributed by atoms with Gasteiger partial charge in [0.15, 0.2) is 11.5 Å². The zero-order chi connectivity index (χ0) is 26.2. The Morgan fingerprint density at radius 2 is 1.97 bits per heavy atom. The van der Waals surface area contributed by atoms with Crippen LogP contribution in [0.5, 0.6) is 11.5 Å². The van der Waals surface area contributed by atoms with Gasteiger partial charge in [-0.05, 0) is 62.1 Å². The van der Waals surface area contributed by atoms with Crippen LogP contribution in [-0.4, -0.2) is 77.3 Å². The summed E-state index contributed by atoms with van der Waals surface area (Å²) in [7, 11) is 0. The van der Waals surface area contributed by atoms with Gasteiger partial charge in [-0.1, -0.05) is 25.5 Å². The van der Waals surface area contributed by atoms with E-state index < -0.39 is 11.9 Å². The minimum atomic E-state index is -0.852. The van der Waals surface area contributed by atoms with Gasteiger partial charge >= 0.3 is 5.97 Å². The highest BCUT2D eigenvalue weighted by molar-refractivity contribution is 5.79. The van der Waals surface area contributed by atoms with Gasteiger partial charge in [0, 0.05) is 43.5 Å². The van der Waals surface area contributed by atoms with E-state index in [0.717, 1.165) is 30.5 Å². The summed E-state index contributed by atoms with van der Waals surface area (Å²) in [4.78, 5) is 34.5. The number of aliphatic carboxylic acids is 1. The number of nitrogens with two attached hydrogens (primary N) is 1. The number of hydrogen-bond acceptors (Lipinski definition) is 7. The number of carboxylic acid groups (broad SMARTS) is 1. The second-order valence-corrected chi connectivity index (χ2v) is 9.82. The standard InChI is InChI=1S/C28H38N4O5/c1-2-3-14-31(15-6-12-29)26(33)18-32-17-22(20-8-11-24-25(16-20)37-19-36-24)27(28(34)35)23(32)10-9-21-7-4-5-13-30-21/h4-5,7-8,11,13,16,22-23,27H,2-3,6,9-10,12,14-15,17-19,29H2,1H3,(H,34,35). The molecular formula is C28H38N4O5. The quantitative estimate of drug-likeness (QED) is 0.422. The summed E-state index contributed by atoms with van der Waals surface area (Å²) < 4.78 is 11.0. The zero-order valence-corrected chi connectivity index (χ0v) is 21.6. The highest BCUT2D eigenvalue weighted by atomic mass is 16.7. The molecule has 2 aliphatic heterocycles. The van der Waals surface area contributed by atoms with Crippen LogP contribution in [-0.2, 0) is 16.0 Å². The molecule has 1 fully saturated rings. The Hall–Kier alpha value is -3.17. The molecule has 0 saturated carbocycles. The van der Waals surface area contributed by atoms with Crippen molar-refractivity contribution in [1.82, 2.24) is 14.8 Å². The summed E-state index contributed by atoms with van der Waals surface area (Å²) in [5.74, 6) is -0.464. The molecule has 0 bridgehead atoms. The van der Waals surface area contributed by atoms with E-state index in [-0.39, 0.29) is 31.2 Å². The maximum Gasteiger partial charge on any atom is 0.308 e. The molecule has 3 atom stereocenters. The van der Waals surface area contributed by atoms with Crippen molar-refractivity contribution in [1.29, 1.82) is 0 Å². The van der Waals surface area contributed by atoms with Crippen LogP contribution in [0.2, 0.25) is 0 Å². The van der Waals surface area contributed by atoms with Crippen molar-refractivity contribution in [2.45, 2.75) is 51.0 Å². The van der Waals surface area contributed by atoms with Crippen molar-refractivity contribution in [3.05, 3.63) is 53.9 Å². The molecular weight excluding hydrogens is 472 g/mol. The summed E-state index contributed by atoms with van der Waals surface area (Å²) in [5, 5.41) is 10.4. The lowest BCUT2D eigenvalue weighted by Crippen LogP contribution is -2.45. The summed E-state index contributed by atoms with van der Waals surface area (Å²) >= 11 is 0. The maximum atomic E-state index is 13.5. The van der Waals surface area contributed by atoms with Crippen LogP contribution in [0, 0.1) is 5.92 Å². The van der Waals surface area contributed by atoms with Crippen molar-refractivity contribution < 1.29 is 24.2 Å². The Bertz CT molecular complexity index is 1040. The Balaban J connectivity index is 1.59. The van der Waals surface area contributed by atoms with Crippen molar-refractivity contribution >= 4 is 11.9 Å². The van der Waals surface area contributed by atoms with Crippen LogP contribution >= 0.6 is 0 Å². The first-order chi connectivity index (χ1) is 18.0. The first-order valence-corrected chi connectivity index (χ1v) is 13.3. The van der Waals surface area contributed by atoms with Gasteiger partial charge in [0.05, 0.1) is 12.5 Å². The summed E-state index contributed by atoms with van der Waals surface area (Å²) in [6.07, 6.45) is 5.66. The molecule has 37 heavy (non-hydrogen) atoms. The molecule has 1 aromatic carbocycles. The summed E-state index contributed by atoms with van der Waals surface area (Å²) in [6.45, 7) is 4.77. The van der Waals surface area contributed by atoms with E-state index >= 15 is 0 Å². The van der Waals surface area contributed by atoms with Gasteiger partial charge in [-0.3, -0.25) is 19.5 Å². The average molecular weight is 511 g/mol. The normalized spacial score (nSPS) is 20.8. The molecule has 2 aromatic rings. The van der Waals surface area contributed by atoms with Crippen LogP contribution in [0.1, 0.15) is 49.8 Å². The molecule has 9 heteroatoms. The van der Waals surface area contributed by atoms with E-state index in [1.165, 1.54) is 0 Å². The smallest absolute Gasteiger partial charge is 0.308 e. The molecule has 3 N–H and O–H groups in total. The molecule has 9 nitrogen and oxygen atoms in total. The number of likely N-dealkylation sites (tertiary alicyclic amines) is 1. The molecule has 200 valence electrons. The van der Waals surface area contributed by atoms with Crippen molar-refractivity contribution in [2.75, 3.05) is 39.5 Å². The fourth-order valence-corrected chi connectivity index (χ4v) is 5.44. The number of benzene rings is 1. The lowest BCUT2D eigenvalue weighted by atomic mass is 9.83. The SMILES string of the molecule is CCCCN(CCCN)C(=O)CN1CC(c2ccc3c(c2)OCO3)C(C(=O)O)C1CCc1ccccn1. The number of carbonyl (C=O) groups is 2. The lowest BCUT2D eigenvalue weighted by Gasteiger charge is -2.29. The molecule has 0 radical (unpaired) electrons. The molecule has 3 unspecified atom stereocenters. The third-order valence-electron chi connectivity index (χ3n) is 7.39. The average Bonchev–Trinajstić information content (AvgIpc) is 3.52. The van der Waals surface area contributed by atoms with Crippen LogP contribution < -0.4 is 15.2 Å². The van der Waals surface area contributed by atoms with Gasteiger partial charge in [-0.2, -0.15) is 0 Å². The minimum Gasteiger partial charge on any atom is -0.481 e. The first-order valence-electron chi connectivity index (χ1n) is 13.3. The van der Waals surface area contributed by atoms with Crippen LogP contribution in [0.25, 0.3) is 0 Å². The third-order valence-corrected chi connectivity index (χ3v) is 7.39. The number of hydrogen-bond donors (Lipinski definition) is 2. The molecule has 0 spiro atoms. The Labute approximate surface area is 218 Å². The Morgan fingerprint density at radius 3 is 2.70 bits per heavy atom. The van der Waals surface area contributed by atoms with E-state index in [4.69, 9.17) is 15.2 Å². The second kappa shape index (κ2) is 12.9. The molecule has 3 heterocycles. The first kappa shape index (κ1) is 26.9. The van der Waals surface area contributed by atoms with Crippen LogP contribution in [0.15, 0.2) is 42.6 Å². The van der Waals surface area contributed by atoms with Crippen molar-refractivity contribution in [2.24, 2.45) is 11.7 Å². The maximum absolute atomic E-state index is 13.5. The lowest BCUT2D eigenvalue weighted by molar-refractivity contribution is -0.143. The number of aryl methyl sites for hydroxylation is 1.